The third-order valence-corrected chi connectivity index (χ3v) is 7.46. The van der Waals surface area contributed by atoms with Crippen molar-refractivity contribution in [2.75, 3.05) is 6.54 Å². The van der Waals surface area contributed by atoms with Gasteiger partial charge in [-0.05, 0) is 64.9 Å². The first-order valence-electron chi connectivity index (χ1n) is 14.3. The molecule has 1 aliphatic rings. The lowest BCUT2D eigenvalue weighted by atomic mass is 10.0. The summed E-state index contributed by atoms with van der Waals surface area (Å²) >= 11 is 0. The molecule has 3 atom stereocenters. The highest BCUT2D eigenvalue weighted by molar-refractivity contribution is 5.96. The molecule has 0 saturated heterocycles. The Morgan fingerprint density at radius 3 is 2.62 bits per heavy atom. The number of nitrogens with one attached hydrogen (secondary N) is 4. The molecule has 14 nitrogen and oxygen atoms in total. The number of oxazole rings is 1. The third-order valence-electron chi connectivity index (χ3n) is 7.46. The Morgan fingerprint density at radius 1 is 1.12 bits per heavy atom. The molecule has 4 heterocycles. The van der Waals surface area contributed by atoms with Crippen LogP contribution in [0.25, 0.3) is 5.78 Å². The lowest BCUT2D eigenvalue weighted by Crippen LogP contribution is -2.48. The monoisotopic (exact) mass is 581 g/mol. The summed E-state index contributed by atoms with van der Waals surface area (Å²) in [4.78, 5) is 64.9. The SMILES string of the molecule is Cc1nc2ncnn2c(C)c1CCC(=O)N[C@H]1CCCCNC(=O)[C@@H](C)NC(=O)c2nc(oc2C)[C@H](C(C)C)NC1=O. The van der Waals surface area contributed by atoms with Crippen LogP contribution in [0.5, 0.6) is 0 Å². The molecule has 4 rings (SSSR count). The van der Waals surface area contributed by atoms with Crippen molar-refractivity contribution in [3.05, 3.63) is 40.6 Å². The van der Waals surface area contributed by atoms with E-state index >= 15 is 0 Å². The van der Waals surface area contributed by atoms with Crippen LogP contribution in [0, 0.1) is 26.7 Å². The summed E-state index contributed by atoms with van der Waals surface area (Å²) in [5.74, 6) is -0.717. The van der Waals surface area contributed by atoms with Crippen molar-refractivity contribution < 1.29 is 23.6 Å². The van der Waals surface area contributed by atoms with Gasteiger partial charge in [0.2, 0.25) is 23.6 Å². The van der Waals surface area contributed by atoms with Crippen LogP contribution < -0.4 is 21.3 Å². The molecular weight excluding hydrogens is 542 g/mol. The minimum absolute atomic E-state index is 0.0469. The van der Waals surface area contributed by atoms with Gasteiger partial charge in [0.15, 0.2) is 5.69 Å². The molecule has 3 aromatic rings. The number of amides is 4. The quantitative estimate of drug-likeness (QED) is 0.345. The fourth-order valence-electron chi connectivity index (χ4n) is 4.99. The number of carbonyl (C=O) groups is 4. The number of fused-ring (bicyclic) bond motifs is 3. The van der Waals surface area contributed by atoms with Crippen molar-refractivity contribution in [3.63, 3.8) is 0 Å². The predicted molar refractivity (Wildman–Crippen MR) is 151 cm³/mol. The zero-order valence-corrected chi connectivity index (χ0v) is 24.9. The molecule has 1 aliphatic heterocycles. The molecule has 4 amide bonds. The molecule has 14 heteroatoms. The van der Waals surface area contributed by atoms with Gasteiger partial charge in [-0.2, -0.15) is 10.1 Å². The van der Waals surface area contributed by atoms with E-state index in [0.717, 1.165) is 17.0 Å². The third kappa shape index (κ3) is 6.92. The summed E-state index contributed by atoms with van der Waals surface area (Å²) in [5, 5.41) is 15.5. The second-order valence-electron chi connectivity index (χ2n) is 11.0. The van der Waals surface area contributed by atoms with Crippen LogP contribution in [-0.4, -0.2) is 66.8 Å². The molecule has 0 saturated carbocycles. The van der Waals surface area contributed by atoms with E-state index in [9.17, 15) is 19.2 Å². The Labute approximate surface area is 243 Å². The van der Waals surface area contributed by atoms with Crippen molar-refractivity contribution in [2.45, 2.75) is 91.8 Å². The fourth-order valence-corrected chi connectivity index (χ4v) is 4.99. The number of aryl methyl sites for hydroxylation is 3. The van der Waals surface area contributed by atoms with E-state index in [1.54, 1.807) is 18.4 Å². The van der Waals surface area contributed by atoms with E-state index in [-0.39, 0.29) is 47.4 Å². The molecule has 0 radical (unpaired) electrons. The van der Waals surface area contributed by atoms with E-state index in [4.69, 9.17) is 4.42 Å². The number of aromatic nitrogens is 5. The summed E-state index contributed by atoms with van der Waals surface area (Å²) in [6, 6.07) is -2.24. The van der Waals surface area contributed by atoms with Crippen LogP contribution in [-0.2, 0) is 20.8 Å². The predicted octanol–water partition coefficient (Wildman–Crippen LogP) is 1.39. The number of hydrogen-bond donors (Lipinski definition) is 4. The van der Waals surface area contributed by atoms with Crippen LogP contribution in [0.15, 0.2) is 10.7 Å². The molecule has 0 fully saturated rings. The largest absolute Gasteiger partial charge is 0.443 e. The van der Waals surface area contributed by atoms with Crippen LogP contribution in [0.4, 0.5) is 0 Å². The minimum atomic E-state index is -0.821. The molecule has 42 heavy (non-hydrogen) atoms. The Hall–Kier alpha value is -4.36. The lowest BCUT2D eigenvalue weighted by Gasteiger charge is -2.24. The van der Waals surface area contributed by atoms with Gasteiger partial charge in [0.05, 0.1) is 0 Å². The maximum absolute atomic E-state index is 13.5. The molecule has 0 aromatic carbocycles. The number of carbonyl (C=O) groups excluding carboxylic acids is 4. The summed E-state index contributed by atoms with van der Waals surface area (Å²) in [7, 11) is 0. The van der Waals surface area contributed by atoms with E-state index in [2.05, 4.69) is 41.3 Å². The van der Waals surface area contributed by atoms with E-state index in [0.29, 0.717) is 38.0 Å². The van der Waals surface area contributed by atoms with Crippen molar-refractivity contribution >= 4 is 29.4 Å². The van der Waals surface area contributed by atoms with Gasteiger partial charge in [-0.3, -0.25) is 19.2 Å². The van der Waals surface area contributed by atoms with Crippen LogP contribution >= 0.6 is 0 Å². The van der Waals surface area contributed by atoms with Gasteiger partial charge >= 0.3 is 0 Å². The summed E-state index contributed by atoms with van der Waals surface area (Å²) in [6.07, 6.45) is 3.52. The first-order valence-corrected chi connectivity index (χ1v) is 14.3. The van der Waals surface area contributed by atoms with Crippen molar-refractivity contribution in [2.24, 2.45) is 5.92 Å². The Bertz CT molecular complexity index is 1480. The van der Waals surface area contributed by atoms with Gasteiger partial charge < -0.3 is 25.7 Å². The topological polar surface area (TPSA) is 186 Å². The highest BCUT2D eigenvalue weighted by atomic mass is 16.4. The molecule has 2 bridgehead atoms. The lowest BCUT2D eigenvalue weighted by molar-refractivity contribution is -0.130. The Kier molecular flexibility index (Phi) is 9.53. The highest BCUT2D eigenvalue weighted by Gasteiger charge is 2.31. The van der Waals surface area contributed by atoms with Gasteiger partial charge in [-0.1, -0.05) is 13.8 Å². The molecule has 226 valence electrons. The summed E-state index contributed by atoms with van der Waals surface area (Å²) in [6.45, 7) is 11.1. The number of rotatable bonds is 5. The highest BCUT2D eigenvalue weighted by Crippen LogP contribution is 2.24. The molecular formula is C28H39N9O5. The number of hydrogen-bond acceptors (Lipinski definition) is 9. The Morgan fingerprint density at radius 2 is 1.88 bits per heavy atom. The fraction of sp³-hybridized carbons (Fsp3) is 0.571. The first-order chi connectivity index (χ1) is 20.0. The normalized spacial score (nSPS) is 20.7. The number of nitrogens with zero attached hydrogens (tertiary/aromatic N) is 5. The smallest absolute Gasteiger partial charge is 0.274 e. The van der Waals surface area contributed by atoms with Gasteiger partial charge in [-0.15, -0.1) is 0 Å². The average Bonchev–Trinajstić information content (AvgIpc) is 3.56. The van der Waals surface area contributed by atoms with Gasteiger partial charge in [0, 0.05) is 24.4 Å². The standard InChI is InChI=1S/C28H39N9O5/c1-14(2)22-27-36-23(18(6)42-27)26(41)32-16(4)24(39)29-12-8-7-9-20(25(40)35-22)34-21(38)11-10-19-15(3)33-28-30-13-31-37(28)17(19)5/h13-14,16,20,22H,7-12H2,1-6H3,(H,29,39)(H,32,41)(H,34,38)(H,35,40)/t16-,20+,22+/m1/s1. The Balaban J connectivity index is 1.52. The van der Waals surface area contributed by atoms with Crippen LogP contribution in [0.3, 0.4) is 0 Å². The maximum Gasteiger partial charge on any atom is 0.274 e. The van der Waals surface area contributed by atoms with Crippen molar-refractivity contribution in [1.82, 2.24) is 45.8 Å². The summed E-state index contributed by atoms with van der Waals surface area (Å²) in [5.41, 5.74) is 2.57. The molecule has 0 spiro atoms. The van der Waals surface area contributed by atoms with Crippen molar-refractivity contribution in [1.29, 1.82) is 0 Å². The zero-order valence-electron chi connectivity index (χ0n) is 24.9. The van der Waals surface area contributed by atoms with Crippen LogP contribution in [0.2, 0.25) is 0 Å². The zero-order chi connectivity index (χ0) is 30.6. The maximum atomic E-state index is 13.5. The van der Waals surface area contributed by atoms with Crippen molar-refractivity contribution in [3.8, 4) is 0 Å². The average molecular weight is 582 g/mol. The van der Waals surface area contributed by atoms with Gasteiger partial charge in [0.1, 0.15) is 30.2 Å². The van der Waals surface area contributed by atoms with E-state index in [1.807, 2.05) is 27.7 Å². The van der Waals surface area contributed by atoms with E-state index < -0.39 is 24.0 Å². The van der Waals surface area contributed by atoms with E-state index in [1.165, 1.54) is 6.33 Å². The first kappa shape index (κ1) is 30.6. The second kappa shape index (κ2) is 13.1. The van der Waals surface area contributed by atoms with Gasteiger partial charge in [-0.25, -0.2) is 14.5 Å². The molecule has 4 N–H and O–H groups in total. The molecule has 3 aromatic heterocycles. The van der Waals surface area contributed by atoms with Crippen LogP contribution in [0.1, 0.15) is 91.6 Å². The second-order valence-corrected chi connectivity index (χ2v) is 11.0. The molecule has 0 aliphatic carbocycles. The summed E-state index contributed by atoms with van der Waals surface area (Å²) < 4.78 is 7.44. The minimum Gasteiger partial charge on any atom is -0.443 e. The molecule has 0 unspecified atom stereocenters. The van der Waals surface area contributed by atoms with Gasteiger partial charge in [0.25, 0.3) is 11.7 Å².